The molecule has 0 fully saturated rings. The molecule has 47 heavy (non-hydrogen) atoms. The Bertz CT molecular complexity index is 783. The summed E-state index contributed by atoms with van der Waals surface area (Å²) in [5, 5.41) is 11.4. The number of carbonyl (C=O) groups excluding carboxylic acids is 2. The van der Waals surface area contributed by atoms with E-state index in [9.17, 15) is 14.7 Å². The third kappa shape index (κ3) is 27.7. The van der Waals surface area contributed by atoms with Gasteiger partial charge in [-0.3, -0.25) is 9.59 Å². The molecule has 0 aliphatic rings. The van der Waals surface area contributed by atoms with Crippen molar-refractivity contribution in [2.75, 3.05) is 21.1 Å². The fourth-order valence-corrected chi connectivity index (χ4v) is 6.77. The predicted molar refractivity (Wildman–Crippen MR) is 201 cm³/mol. The lowest BCUT2D eigenvalue weighted by Crippen LogP contribution is -3.00. The number of ketones is 2. The maximum atomic E-state index is 13.3. The van der Waals surface area contributed by atoms with Crippen LogP contribution in [-0.2, 0) is 9.59 Å². The molecular weight excluding hydrogens is 646 g/mol. The van der Waals surface area contributed by atoms with E-state index in [0.29, 0.717) is 12.8 Å². The van der Waals surface area contributed by atoms with Crippen LogP contribution in [-0.4, -0.2) is 53.9 Å². The van der Waals surface area contributed by atoms with Crippen molar-refractivity contribution in [3.05, 3.63) is 24.3 Å². The largest absolute Gasteiger partial charge is 1.00 e. The third-order valence-electron chi connectivity index (χ3n) is 9.53. The summed E-state index contributed by atoms with van der Waals surface area (Å²) in [5.41, 5.74) is -1.63. The monoisotopic (exact) mass is 726 g/mol. The second-order valence-corrected chi connectivity index (χ2v) is 15.2. The molecular formula is C42H80BrNO3. The highest BCUT2D eigenvalue weighted by Crippen LogP contribution is 2.26. The first-order valence-corrected chi connectivity index (χ1v) is 20.0. The lowest BCUT2D eigenvalue weighted by Gasteiger charge is -2.40. The summed E-state index contributed by atoms with van der Waals surface area (Å²) in [7, 11) is 5.77. The van der Waals surface area contributed by atoms with Crippen molar-refractivity contribution in [3.8, 4) is 0 Å². The highest BCUT2D eigenvalue weighted by Gasteiger charge is 2.50. The minimum Gasteiger partial charge on any atom is -1.00 e. The van der Waals surface area contributed by atoms with Crippen LogP contribution < -0.4 is 17.0 Å². The van der Waals surface area contributed by atoms with Gasteiger partial charge in [-0.1, -0.05) is 141 Å². The summed E-state index contributed by atoms with van der Waals surface area (Å²) in [6.07, 6.45) is 41.9. The molecule has 0 aromatic carbocycles. The SMILES string of the molecule is CCCCCCCC/C=C\CCCCCCCC(=O)C(C(C)(O)C(=O)CCCCCCC/C=C\CCCCCCCC)[N+](C)(C)C.[Br-]. The van der Waals surface area contributed by atoms with E-state index in [0.717, 1.165) is 51.4 Å². The Kier molecular flexibility index (Phi) is 33.3. The topological polar surface area (TPSA) is 54.4 Å². The van der Waals surface area contributed by atoms with Crippen LogP contribution >= 0.6 is 0 Å². The van der Waals surface area contributed by atoms with Gasteiger partial charge in [-0.15, -0.1) is 0 Å². The van der Waals surface area contributed by atoms with Gasteiger partial charge < -0.3 is 26.6 Å². The normalized spacial score (nSPS) is 14.0. The van der Waals surface area contributed by atoms with Crippen molar-refractivity contribution in [3.63, 3.8) is 0 Å². The first kappa shape index (κ1) is 48.3. The smallest absolute Gasteiger partial charge is 0.193 e. The van der Waals surface area contributed by atoms with Crippen LogP contribution in [0.2, 0.25) is 0 Å². The Labute approximate surface area is 304 Å². The van der Waals surface area contributed by atoms with E-state index in [4.69, 9.17) is 0 Å². The molecule has 0 saturated carbocycles. The number of hydrogen-bond acceptors (Lipinski definition) is 3. The number of quaternary nitrogens is 1. The van der Waals surface area contributed by atoms with Gasteiger partial charge >= 0.3 is 0 Å². The van der Waals surface area contributed by atoms with Gasteiger partial charge in [-0.2, -0.15) is 0 Å². The molecule has 2 atom stereocenters. The van der Waals surface area contributed by atoms with E-state index in [1.54, 1.807) is 6.92 Å². The van der Waals surface area contributed by atoms with Crippen LogP contribution in [0.25, 0.3) is 0 Å². The molecule has 4 nitrogen and oxygen atoms in total. The maximum Gasteiger partial charge on any atom is 0.193 e. The van der Waals surface area contributed by atoms with E-state index in [1.165, 1.54) is 116 Å². The minimum absolute atomic E-state index is 0. The van der Waals surface area contributed by atoms with Gasteiger partial charge in [-0.25, -0.2) is 0 Å². The number of likely N-dealkylation sites (N-methyl/N-ethyl adjacent to an activating group) is 1. The first-order valence-electron chi connectivity index (χ1n) is 20.0. The summed E-state index contributed by atoms with van der Waals surface area (Å²) < 4.78 is 0.273. The molecule has 0 amide bonds. The molecule has 1 N–H and O–H groups in total. The first-order chi connectivity index (χ1) is 22.1. The van der Waals surface area contributed by atoms with Crippen LogP contribution in [0.3, 0.4) is 0 Å². The van der Waals surface area contributed by atoms with Crippen LogP contribution in [0, 0.1) is 0 Å². The number of allylic oxidation sites excluding steroid dienone is 4. The van der Waals surface area contributed by atoms with Gasteiger partial charge in [0.25, 0.3) is 0 Å². The van der Waals surface area contributed by atoms with Crippen LogP contribution in [0.5, 0.6) is 0 Å². The van der Waals surface area contributed by atoms with E-state index in [2.05, 4.69) is 38.2 Å². The quantitative estimate of drug-likeness (QED) is 0.0409. The van der Waals surface area contributed by atoms with Gasteiger partial charge in [-0.05, 0) is 71.1 Å². The number of rotatable bonds is 34. The Morgan fingerprint density at radius 1 is 0.532 bits per heavy atom. The van der Waals surface area contributed by atoms with Gasteiger partial charge in [0.2, 0.25) is 0 Å². The molecule has 0 rings (SSSR count). The zero-order chi connectivity index (χ0) is 34.4. The molecule has 5 heteroatoms. The zero-order valence-electron chi connectivity index (χ0n) is 32.3. The number of aliphatic hydroxyl groups is 1. The number of unbranched alkanes of at least 4 members (excludes halogenated alkanes) is 22. The van der Waals surface area contributed by atoms with Crippen LogP contribution in [0.15, 0.2) is 24.3 Å². The molecule has 0 aromatic rings. The van der Waals surface area contributed by atoms with Crippen LogP contribution in [0.1, 0.15) is 201 Å². The Hall–Kier alpha value is -0.780. The van der Waals surface area contributed by atoms with E-state index in [-0.39, 0.29) is 33.0 Å². The van der Waals surface area contributed by atoms with Gasteiger partial charge in [0.05, 0.1) is 21.1 Å². The van der Waals surface area contributed by atoms with E-state index < -0.39 is 11.6 Å². The zero-order valence-corrected chi connectivity index (χ0v) is 33.9. The molecule has 0 radical (unpaired) electrons. The fourth-order valence-electron chi connectivity index (χ4n) is 6.77. The van der Waals surface area contributed by atoms with Crippen molar-refractivity contribution in [1.82, 2.24) is 0 Å². The lowest BCUT2D eigenvalue weighted by atomic mass is 9.83. The number of hydrogen-bond donors (Lipinski definition) is 1. The average molecular weight is 727 g/mol. The van der Waals surface area contributed by atoms with Crippen molar-refractivity contribution in [2.45, 2.75) is 212 Å². The van der Waals surface area contributed by atoms with Crippen molar-refractivity contribution >= 4 is 11.6 Å². The number of carbonyl (C=O) groups is 2. The highest BCUT2D eigenvalue weighted by atomic mass is 79.9. The fraction of sp³-hybridized carbons (Fsp3) is 0.857. The third-order valence-corrected chi connectivity index (χ3v) is 9.53. The van der Waals surface area contributed by atoms with Crippen LogP contribution in [0.4, 0.5) is 0 Å². The Balaban J connectivity index is 0. The maximum absolute atomic E-state index is 13.3. The number of nitrogens with zero attached hydrogens (tertiary/aromatic N) is 1. The van der Waals surface area contributed by atoms with Gasteiger partial charge in [0.15, 0.2) is 23.2 Å². The average Bonchev–Trinajstić information content (AvgIpc) is 3.00. The summed E-state index contributed by atoms with van der Waals surface area (Å²) in [5.74, 6) is -0.158. The van der Waals surface area contributed by atoms with E-state index in [1.807, 2.05) is 21.1 Å². The Morgan fingerprint density at radius 2 is 0.830 bits per heavy atom. The summed E-state index contributed by atoms with van der Waals surface area (Å²) in [4.78, 5) is 26.5. The summed E-state index contributed by atoms with van der Waals surface area (Å²) >= 11 is 0. The highest BCUT2D eigenvalue weighted by molar-refractivity contribution is 5.95. The summed E-state index contributed by atoms with van der Waals surface area (Å²) in [6, 6.07) is -0.722. The molecule has 278 valence electrons. The lowest BCUT2D eigenvalue weighted by molar-refractivity contribution is -0.892. The molecule has 0 spiro atoms. The van der Waals surface area contributed by atoms with Gasteiger partial charge in [0, 0.05) is 12.8 Å². The van der Waals surface area contributed by atoms with Gasteiger partial charge in [0.1, 0.15) is 0 Å². The second-order valence-electron chi connectivity index (χ2n) is 15.2. The Morgan fingerprint density at radius 3 is 1.17 bits per heavy atom. The molecule has 0 saturated heterocycles. The molecule has 0 aliphatic carbocycles. The molecule has 0 bridgehead atoms. The molecule has 0 heterocycles. The minimum atomic E-state index is -1.63. The predicted octanol–water partition coefficient (Wildman–Crippen LogP) is 9.03. The second kappa shape index (κ2) is 32.4. The standard InChI is InChI=1S/C42H80NO3.BrH/c1-7-9-11-13-15-17-19-21-23-25-27-29-31-33-35-37-39(44)41(43(4,5)6)42(3,46)40(45)38-36-34-32-30-28-26-24-22-20-18-16-14-12-10-8-2;/h21-24,41,46H,7-20,25-38H2,1-6H3;1H/q+1;/p-1/b23-21-,24-22-;. The number of halogens is 1. The van der Waals surface area contributed by atoms with E-state index >= 15 is 0 Å². The van der Waals surface area contributed by atoms with Crippen molar-refractivity contribution < 1.29 is 36.2 Å². The number of Topliss-reactive ketones (excluding diaryl/α,β-unsaturated/α-hetero) is 2. The molecule has 2 unspecified atom stereocenters. The molecule has 0 aromatic heterocycles. The van der Waals surface area contributed by atoms with Crippen molar-refractivity contribution in [1.29, 1.82) is 0 Å². The molecule has 0 aliphatic heterocycles. The summed E-state index contributed by atoms with van der Waals surface area (Å²) in [6.45, 7) is 6.11. The van der Waals surface area contributed by atoms with Crippen molar-refractivity contribution in [2.24, 2.45) is 0 Å².